The number of oxazole rings is 1. The highest BCUT2D eigenvalue weighted by atomic mass is 19.1. The normalized spacial score (nSPS) is 11.0. The van der Waals surface area contributed by atoms with E-state index in [0.29, 0.717) is 22.4 Å². The highest BCUT2D eigenvalue weighted by Crippen LogP contribution is 2.18. The predicted octanol–water partition coefficient (Wildman–Crippen LogP) is 4.60. The van der Waals surface area contributed by atoms with Gasteiger partial charge in [-0.2, -0.15) is 0 Å². The predicted molar refractivity (Wildman–Crippen MR) is 110 cm³/mol. The second-order valence-electron chi connectivity index (χ2n) is 6.77. The maximum absolute atomic E-state index is 13.1. The van der Waals surface area contributed by atoms with Gasteiger partial charge in [0.25, 0.3) is 5.91 Å². The second kappa shape index (κ2) is 7.75. The molecule has 6 heteroatoms. The van der Waals surface area contributed by atoms with E-state index in [1.165, 1.54) is 22.3 Å². The van der Waals surface area contributed by atoms with Crippen molar-refractivity contribution >= 4 is 22.7 Å². The van der Waals surface area contributed by atoms with E-state index in [4.69, 9.17) is 4.42 Å². The molecule has 1 N–H and O–H groups in total. The van der Waals surface area contributed by atoms with Gasteiger partial charge in [0, 0.05) is 11.3 Å². The molecule has 0 radical (unpaired) electrons. The van der Waals surface area contributed by atoms with Crippen molar-refractivity contribution in [3.05, 3.63) is 99.8 Å². The third-order valence-corrected chi connectivity index (χ3v) is 4.80. The molecule has 0 bridgehead atoms. The van der Waals surface area contributed by atoms with E-state index in [1.807, 2.05) is 24.3 Å². The number of nitrogens with zero attached hydrogens (tertiary/aromatic N) is 1. The van der Waals surface area contributed by atoms with E-state index in [0.717, 1.165) is 12.0 Å². The number of benzene rings is 3. The van der Waals surface area contributed by atoms with Crippen LogP contribution in [0.4, 0.5) is 10.1 Å². The van der Waals surface area contributed by atoms with Crippen LogP contribution in [0.3, 0.4) is 0 Å². The summed E-state index contributed by atoms with van der Waals surface area (Å²) in [5.41, 5.74) is 3.94. The molecule has 146 valence electrons. The van der Waals surface area contributed by atoms with E-state index >= 15 is 0 Å². The van der Waals surface area contributed by atoms with Gasteiger partial charge in [-0.25, -0.2) is 9.18 Å². The molecule has 0 atom stereocenters. The molecule has 0 spiro atoms. The quantitative estimate of drug-likeness (QED) is 0.542. The fraction of sp³-hybridized carbons (Fsp3) is 0.130. The van der Waals surface area contributed by atoms with E-state index in [9.17, 15) is 14.0 Å². The van der Waals surface area contributed by atoms with Gasteiger partial charge in [-0.15, -0.1) is 0 Å². The molecule has 1 heterocycles. The molecule has 0 saturated heterocycles. The minimum atomic E-state index is -0.531. The molecule has 0 aliphatic heterocycles. The molecule has 1 aromatic heterocycles. The van der Waals surface area contributed by atoms with Crippen molar-refractivity contribution in [2.24, 2.45) is 0 Å². The van der Waals surface area contributed by atoms with Gasteiger partial charge in [-0.05, 0) is 60.0 Å². The van der Waals surface area contributed by atoms with Crippen molar-refractivity contribution in [3.63, 3.8) is 0 Å². The van der Waals surface area contributed by atoms with E-state index in [-0.39, 0.29) is 18.3 Å². The van der Waals surface area contributed by atoms with Crippen LogP contribution in [0.15, 0.2) is 75.9 Å². The van der Waals surface area contributed by atoms with Gasteiger partial charge in [-0.3, -0.25) is 9.36 Å². The average Bonchev–Trinajstić information content (AvgIpc) is 3.04. The molecule has 4 aromatic rings. The lowest BCUT2D eigenvalue weighted by Crippen LogP contribution is -2.15. The number of hydrogen-bond donors (Lipinski definition) is 1. The van der Waals surface area contributed by atoms with Crippen molar-refractivity contribution in [1.82, 2.24) is 4.57 Å². The van der Waals surface area contributed by atoms with Gasteiger partial charge in [0.2, 0.25) is 0 Å². The number of nitrogens with one attached hydrogen (secondary N) is 1. The maximum Gasteiger partial charge on any atom is 0.420 e. The summed E-state index contributed by atoms with van der Waals surface area (Å²) in [7, 11) is 0. The van der Waals surface area contributed by atoms with Gasteiger partial charge in [-0.1, -0.05) is 31.2 Å². The number of hydrogen-bond acceptors (Lipinski definition) is 3. The minimum Gasteiger partial charge on any atom is -0.408 e. The standard InChI is InChI=1S/C23H19FN2O3/c1-2-15-5-10-19(11-6-15)25-22(27)17-7-12-21-20(13-17)26(23(28)29-21)14-16-3-8-18(24)9-4-16/h3-13H,2,14H2,1H3,(H,25,27). The Balaban J connectivity index is 1.63. The molecule has 0 fully saturated rings. The first kappa shape index (κ1) is 18.7. The number of aromatic nitrogens is 1. The molecule has 29 heavy (non-hydrogen) atoms. The maximum atomic E-state index is 13.1. The number of halogens is 1. The summed E-state index contributed by atoms with van der Waals surface area (Å²) in [4.78, 5) is 24.9. The lowest BCUT2D eigenvalue weighted by molar-refractivity contribution is 0.102. The average molecular weight is 390 g/mol. The summed E-state index contributed by atoms with van der Waals surface area (Å²) >= 11 is 0. The first-order chi connectivity index (χ1) is 14.0. The van der Waals surface area contributed by atoms with Crippen molar-refractivity contribution in [1.29, 1.82) is 0 Å². The largest absolute Gasteiger partial charge is 0.420 e. The van der Waals surface area contributed by atoms with Gasteiger partial charge < -0.3 is 9.73 Å². The van der Waals surface area contributed by atoms with Crippen LogP contribution in [0.5, 0.6) is 0 Å². The molecule has 0 aliphatic carbocycles. The van der Waals surface area contributed by atoms with Gasteiger partial charge in [0.15, 0.2) is 5.58 Å². The molecular weight excluding hydrogens is 371 g/mol. The summed E-state index contributed by atoms with van der Waals surface area (Å²) < 4.78 is 19.8. The fourth-order valence-corrected chi connectivity index (χ4v) is 3.15. The van der Waals surface area contributed by atoms with Crippen molar-refractivity contribution in [2.45, 2.75) is 19.9 Å². The molecule has 0 aliphatic rings. The van der Waals surface area contributed by atoms with Gasteiger partial charge in [0.1, 0.15) is 5.82 Å². The number of amides is 1. The second-order valence-corrected chi connectivity index (χ2v) is 6.77. The smallest absolute Gasteiger partial charge is 0.408 e. The highest BCUT2D eigenvalue weighted by molar-refractivity contribution is 6.05. The van der Waals surface area contributed by atoms with E-state index < -0.39 is 5.76 Å². The number of fused-ring (bicyclic) bond motifs is 1. The van der Waals surface area contributed by atoms with Crippen molar-refractivity contribution in [2.75, 3.05) is 5.32 Å². The Morgan fingerprint density at radius 1 is 1.00 bits per heavy atom. The monoisotopic (exact) mass is 390 g/mol. The first-order valence-electron chi connectivity index (χ1n) is 9.31. The van der Waals surface area contributed by atoms with Crippen LogP contribution < -0.4 is 11.1 Å². The number of aryl methyl sites for hydroxylation is 1. The Kier molecular flexibility index (Phi) is 4.99. The summed E-state index contributed by atoms with van der Waals surface area (Å²) in [6.07, 6.45) is 0.928. The molecule has 3 aromatic carbocycles. The lowest BCUT2D eigenvalue weighted by Gasteiger charge is -2.07. The number of carbonyl (C=O) groups is 1. The van der Waals surface area contributed by atoms with Crippen LogP contribution in [0.2, 0.25) is 0 Å². The van der Waals surface area contributed by atoms with Crippen molar-refractivity contribution < 1.29 is 13.6 Å². The van der Waals surface area contributed by atoms with Crippen LogP contribution in [0.1, 0.15) is 28.4 Å². The summed E-state index contributed by atoms with van der Waals surface area (Å²) in [5.74, 6) is -1.15. The van der Waals surface area contributed by atoms with Crippen LogP contribution in [-0.2, 0) is 13.0 Å². The van der Waals surface area contributed by atoms with Crippen LogP contribution >= 0.6 is 0 Å². The first-order valence-corrected chi connectivity index (χ1v) is 9.31. The topological polar surface area (TPSA) is 64.2 Å². The van der Waals surface area contributed by atoms with Crippen LogP contribution in [0.25, 0.3) is 11.1 Å². The third-order valence-electron chi connectivity index (χ3n) is 4.80. The van der Waals surface area contributed by atoms with Crippen LogP contribution in [0, 0.1) is 5.82 Å². The molecule has 0 unspecified atom stereocenters. The number of anilines is 1. The Morgan fingerprint density at radius 3 is 2.38 bits per heavy atom. The summed E-state index contributed by atoms with van der Waals surface area (Å²) in [5, 5.41) is 2.86. The zero-order chi connectivity index (χ0) is 20.4. The molecule has 1 amide bonds. The fourth-order valence-electron chi connectivity index (χ4n) is 3.15. The molecule has 4 rings (SSSR count). The SMILES string of the molecule is CCc1ccc(NC(=O)c2ccc3oc(=O)n(Cc4ccc(F)cc4)c3c2)cc1. The van der Waals surface area contributed by atoms with Gasteiger partial charge >= 0.3 is 5.76 Å². The Bertz CT molecular complexity index is 1220. The van der Waals surface area contributed by atoms with Crippen LogP contribution in [-0.4, -0.2) is 10.5 Å². The Morgan fingerprint density at radius 2 is 1.69 bits per heavy atom. The number of carbonyl (C=O) groups excluding carboxylic acids is 1. The zero-order valence-corrected chi connectivity index (χ0v) is 15.8. The lowest BCUT2D eigenvalue weighted by atomic mass is 10.1. The Labute approximate surface area is 166 Å². The Hall–Kier alpha value is -3.67. The minimum absolute atomic E-state index is 0.218. The summed E-state index contributed by atoms with van der Waals surface area (Å²) in [6, 6.07) is 18.4. The van der Waals surface area contributed by atoms with Gasteiger partial charge in [0.05, 0.1) is 12.1 Å². The zero-order valence-electron chi connectivity index (χ0n) is 15.8. The molecule has 0 saturated carbocycles. The van der Waals surface area contributed by atoms with E-state index in [2.05, 4.69) is 12.2 Å². The molecular formula is C23H19FN2O3. The third kappa shape index (κ3) is 3.96. The van der Waals surface area contributed by atoms with Crippen molar-refractivity contribution in [3.8, 4) is 0 Å². The highest BCUT2D eigenvalue weighted by Gasteiger charge is 2.14. The molecule has 5 nitrogen and oxygen atoms in total. The number of rotatable bonds is 5. The van der Waals surface area contributed by atoms with E-state index in [1.54, 1.807) is 30.3 Å². The summed E-state index contributed by atoms with van der Waals surface area (Å²) in [6.45, 7) is 2.29.